The molecule has 1 rings (SSSR count). The maximum absolute atomic E-state index is 3.46. The molecule has 1 aromatic rings. The summed E-state index contributed by atoms with van der Waals surface area (Å²) in [5, 5.41) is 2.69. The summed E-state index contributed by atoms with van der Waals surface area (Å²) in [7, 11) is 3.46. The van der Waals surface area contributed by atoms with Gasteiger partial charge in [-0.1, -0.05) is 30.3 Å². The maximum atomic E-state index is 3.46. The highest BCUT2D eigenvalue weighted by Gasteiger charge is 1.78. The van der Waals surface area contributed by atoms with Crippen LogP contribution in [-0.2, 0) is 0 Å². The molecule has 0 bridgehead atoms. The van der Waals surface area contributed by atoms with Crippen molar-refractivity contribution < 1.29 is 0 Å². The fourth-order valence-electron chi connectivity index (χ4n) is 0.719. The van der Waals surface area contributed by atoms with E-state index < -0.39 is 0 Å². The molecule has 0 heterocycles. The van der Waals surface area contributed by atoms with Crippen molar-refractivity contribution in [3.8, 4) is 0 Å². The van der Waals surface area contributed by atoms with Crippen LogP contribution < -0.4 is 5.32 Å². The average molecular weight is 132 g/mol. The van der Waals surface area contributed by atoms with Crippen molar-refractivity contribution in [1.29, 1.82) is 0 Å². The molecule has 0 aliphatic heterocycles. The molecule has 0 amide bonds. The van der Waals surface area contributed by atoms with Gasteiger partial charge >= 0.3 is 0 Å². The van der Waals surface area contributed by atoms with Gasteiger partial charge in [-0.3, -0.25) is 0 Å². The minimum absolute atomic E-state index is 1.18. The number of nitrogens with one attached hydrogen (secondary N) is 1. The Bertz CT molecular complexity index is 201. The third-order valence-electron chi connectivity index (χ3n) is 1.19. The van der Waals surface area contributed by atoms with Crippen LogP contribution in [0.15, 0.2) is 36.5 Å². The summed E-state index contributed by atoms with van der Waals surface area (Å²) in [6, 6.07) is 10.1. The van der Waals surface area contributed by atoms with Gasteiger partial charge < -0.3 is 5.32 Å². The lowest BCUT2D eigenvalue weighted by molar-refractivity contribution is 1.21. The third-order valence-corrected chi connectivity index (χ3v) is 1.19. The van der Waals surface area contributed by atoms with Crippen LogP contribution in [0.25, 0.3) is 6.08 Å². The van der Waals surface area contributed by atoms with Gasteiger partial charge in [-0.2, -0.15) is 0 Å². The lowest BCUT2D eigenvalue weighted by atomic mass is 10.2. The molecule has 0 aliphatic carbocycles. The lowest BCUT2D eigenvalue weighted by Crippen LogP contribution is -1.85. The van der Waals surface area contributed by atoms with Crippen LogP contribution in [0.1, 0.15) is 5.56 Å². The van der Waals surface area contributed by atoms with E-state index in [0.717, 1.165) is 0 Å². The van der Waals surface area contributed by atoms with Crippen molar-refractivity contribution >= 4 is 6.08 Å². The standard InChI is InChI=1S/C9H10N/c1-10-8-7-9-5-3-2-4-6-9/h2-8,10H,1H2. The molecule has 51 valence electrons. The summed E-state index contributed by atoms with van der Waals surface area (Å²) in [4.78, 5) is 0. The first-order valence-corrected chi connectivity index (χ1v) is 3.17. The largest absolute Gasteiger partial charge is 0.389 e. The topological polar surface area (TPSA) is 12.0 Å². The van der Waals surface area contributed by atoms with Crippen LogP contribution in [-0.4, -0.2) is 0 Å². The molecule has 0 fully saturated rings. The first-order chi connectivity index (χ1) is 4.93. The van der Waals surface area contributed by atoms with Gasteiger partial charge in [0.25, 0.3) is 0 Å². The highest BCUT2D eigenvalue weighted by molar-refractivity contribution is 5.48. The molecule has 10 heavy (non-hydrogen) atoms. The van der Waals surface area contributed by atoms with E-state index >= 15 is 0 Å². The summed E-state index contributed by atoms with van der Waals surface area (Å²) >= 11 is 0. The highest BCUT2D eigenvalue weighted by Crippen LogP contribution is 1.98. The van der Waals surface area contributed by atoms with Crippen LogP contribution in [0.5, 0.6) is 0 Å². The minimum atomic E-state index is 1.18. The van der Waals surface area contributed by atoms with E-state index in [2.05, 4.69) is 12.4 Å². The Kier molecular flexibility index (Phi) is 2.56. The molecule has 0 unspecified atom stereocenters. The first-order valence-electron chi connectivity index (χ1n) is 3.17. The van der Waals surface area contributed by atoms with E-state index in [9.17, 15) is 0 Å². The van der Waals surface area contributed by atoms with Crippen LogP contribution in [0.2, 0.25) is 0 Å². The van der Waals surface area contributed by atoms with E-state index in [1.165, 1.54) is 5.56 Å². The van der Waals surface area contributed by atoms with Crippen molar-refractivity contribution in [2.45, 2.75) is 0 Å². The molecule has 0 atom stereocenters. The van der Waals surface area contributed by atoms with E-state index in [1.807, 2.05) is 36.4 Å². The average Bonchev–Trinajstić information content (AvgIpc) is 2.03. The fraction of sp³-hybridized carbons (Fsp3) is 0. The predicted octanol–water partition coefficient (Wildman–Crippen LogP) is 2.04. The Morgan fingerprint density at radius 3 is 2.50 bits per heavy atom. The Morgan fingerprint density at radius 1 is 1.20 bits per heavy atom. The SMILES string of the molecule is [CH2]NC=Cc1ccccc1. The second kappa shape index (κ2) is 3.72. The number of rotatable bonds is 2. The molecule has 1 aromatic carbocycles. The molecule has 0 aromatic heterocycles. The predicted molar refractivity (Wildman–Crippen MR) is 44.0 cm³/mol. The zero-order valence-corrected chi connectivity index (χ0v) is 5.75. The molecular weight excluding hydrogens is 122 g/mol. The first kappa shape index (κ1) is 6.87. The second-order valence-corrected chi connectivity index (χ2v) is 1.95. The lowest BCUT2D eigenvalue weighted by Gasteiger charge is -1.89. The van der Waals surface area contributed by atoms with Gasteiger partial charge in [-0.15, -0.1) is 0 Å². The fourth-order valence-corrected chi connectivity index (χ4v) is 0.719. The monoisotopic (exact) mass is 132 g/mol. The third kappa shape index (κ3) is 1.94. The molecule has 0 spiro atoms. The molecule has 0 saturated carbocycles. The van der Waals surface area contributed by atoms with Gasteiger partial charge in [0.05, 0.1) is 0 Å². The normalized spacial score (nSPS) is 10.1. The Hall–Kier alpha value is -1.24. The molecule has 0 saturated heterocycles. The Morgan fingerprint density at radius 2 is 1.90 bits per heavy atom. The van der Waals surface area contributed by atoms with Crippen LogP contribution in [0.3, 0.4) is 0 Å². The number of hydrogen-bond donors (Lipinski definition) is 1. The molecular formula is C9H10N. The zero-order chi connectivity index (χ0) is 7.23. The van der Waals surface area contributed by atoms with E-state index in [0.29, 0.717) is 0 Å². The van der Waals surface area contributed by atoms with Crippen molar-refractivity contribution in [3.63, 3.8) is 0 Å². The Balaban J connectivity index is 2.67. The van der Waals surface area contributed by atoms with Crippen LogP contribution in [0.4, 0.5) is 0 Å². The highest BCUT2D eigenvalue weighted by atomic mass is 14.8. The Labute approximate surface area is 61.4 Å². The maximum Gasteiger partial charge on any atom is 0.0314 e. The molecule has 1 heteroatoms. The second-order valence-electron chi connectivity index (χ2n) is 1.95. The smallest absolute Gasteiger partial charge is 0.0314 e. The summed E-state index contributed by atoms with van der Waals surface area (Å²) in [5.74, 6) is 0. The van der Waals surface area contributed by atoms with Gasteiger partial charge in [-0.05, 0) is 17.8 Å². The minimum Gasteiger partial charge on any atom is -0.389 e. The molecule has 1 N–H and O–H groups in total. The van der Waals surface area contributed by atoms with Gasteiger partial charge in [-0.25, -0.2) is 0 Å². The van der Waals surface area contributed by atoms with Crippen molar-refractivity contribution in [1.82, 2.24) is 5.32 Å². The summed E-state index contributed by atoms with van der Waals surface area (Å²) < 4.78 is 0. The van der Waals surface area contributed by atoms with Crippen molar-refractivity contribution in [2.24, 2.45) is 0 Å². The zero-order valence-electron chi connectivity index (χ0n) is 5.75. The summed E-state index contributed by atoms with van der Waals surface area (Å²) in [6.45, 7) is 0. The van der Waals surface area contributed by atoms with Gasteiger partial charge in [0.1, 0.15) is 0 Å². The van der Waals surface area contributed by atoms with Crippen molar-refractivity contribution in [2.75, 3.05) is 0 Å². The van der Waals surface area contributed by atoms with Crippen LogP contribution in [0, 0.1) is 7.05 Å². The van der Waals surface area contributed by atoms with Crippen molar-refractivity contribution in [3.05, 3.63) is 49.1 Å². The molecule has 1 radical (unpaired) electrons. The molecule has 1 nitrogen and oxygen atoms in total. The molecule has 0 aliphatic rings. The quantitative estimate of drug-likeness (QED) is 0.649. The van der Waals surface area contributed by atoms with Gasteiger partial charge in [0, 0.05) is 7.05 Å². The summed E-state index contributed by atoms with van der Waals surface area (Å²) in [5.41, 5.74) is 1.18. The van der Waals surface area contributed by atoms with E-state index in [4.69, 9.17) is 0 Å². The van der Waals surface area contributed by atoms with E-state index in [1.54, 1.807) is 6.20 Å². The van der Waals surface area contributed by atoms with Gasteiger partial charge in [0.2, 0.25) is 0 Å². The van der Waals surface area contributed by atoms with Crippen LogP contribution >= 0.6 is 0 Å². The van der Waals surface area contributed by atoms with E-state index in [-0.39, 0.29) is 0 Å². The summed E-state index contributed by atoms with van der Waals surface area (Å²) in [6.07, 6.45) is 3.77. The van der Waals surface area contributed by atoms with Gasteiger partial charge in [0.15, 0.2) is 0 Å². The number of benzene rings is 1. The number of hydrogen-bond acceptors (Lipinski definition) is 1.